The van der Waals surface area contributed by atoms with E-state index < -0.39 is 5.79 Å². The van der Waals surface area contributed by atoms with Crippen LogP contribution in [-0.4, -0.2) is 31.1 Å². The van der Waals surface area contributed by atoms with Crippen molar-refractivity contribution < 1.29 is 19.0 Å². The quantitative estimate of drug-likeness (QED) is 0.316. The van der Waals surface area contributed by atoms with E-state index in [0.717, 1.165) is 37.7 Å². The predicted octanol–water partition coefficient (Wildman–Crippen LogP) is 4.56. The van der Waals surface area contributed by atoms with Crippen LogP contribution in [0.1, 0.15) is 52.9 Å². The fraction of sp³-hybridized carbons (Fsp3) is 0.667. The van der Waals surface area contributed by atoms with Crippen LogP contribution in [-0.2, 0) is 19.0 Å². The Morgan fingerprint density at radius 2 is 1.92 bits per heavy atom. The van der Waals surface area contributed by atoms with E-state index in [9.17, 15) is 4.79 Å². The minimum absolute atomic E-state index is 0.00691. The second kappa shape index (κ2) is 8.81. The topological polar surface area (TPSA) is 44.8 Å². The molecule has 0 saturated carbocycles. The van der Waals surface area contributed by atoms with Crippen molar-refractivity contribution in [3.05, 3.63) is 36.5 Å². The van der Waals surface area contributed by atoms with Gasteiger partial charge in [0.15, 0.2) is 5.79 Å². The summed E-state index contributed by atoms with van der Waals surface area (Å²) >= 11 is 0. The molecule has 2 rings (SSSR count). The lowest BCUT2D eigenvalue weighted by Crippen LogP contribution is -2.51. The molecule has 0 radical (unpaired) electrons. The molecule has 0 aliphatic carbocycles. The number of ether oxygens (including phenoxy) is 3. The fourth-order valence-electron chi connectivity index (χ4n) is 3.60. The van der Waals surface area contributed by atoms with Crippen molar-refractivity contribution in [3.8, 4) is 0 Å². The van der Waals surface area contributed by atoms with Crippen LogP contribution >= 0.6 is 0 Å². The lowest BCUT2D eigenvalue weighted by Gasteiger charge is -2.49. The van der Waals surface area contributed by atoms with Crippen molar-refractivity contribution in [1.29, 1.82) is 0 Å². The van der Waals surface area contributed by atoms with Gasteiger partial charge in [-0.25, -0.2) is 4.79 Å². The van der Waals surface area contributed by atoms with Crippen LogP contribution in [0, 0.1) is 11.8 Å². The van der Waals surface area contributed by atoms with Gasteiger partial charge in [-0.2, -0.15) is 0 Å². The molecule has 0 aromatic heterocycles. The predicted molar refractivity (Wildman–Crippen MR) is 99.0 cm³/mol. The molecular formula is C21H32O4. The molecule has 2 fully saturated rings. The molecular weight excluding hydrogens is 316 g/mol. The third-order valence-corrected chi connectivity index (χ3v) is 5.37. The maximum atomic E-state index is 11.3. The van der Waals surface area contributed by atoms with E-state index in [0.29, 0.717) is 11.8 Å². The lowest BCUT2D eigenvalue weighted by atomic mass is 9.83. The second-order valence-corrected chi connectivity index (χ2v) is 7.48. The van der Waals surface area contributed by atoms with Gasteiger partial charge in [-0.05, 0) is 43.6 Å². The summed E-state index contributed by atoms with van der Waals surface area (Å²) in [7, 11) is 1.38. The average molecular weight is 348 g/mol. The molecule has 0 aromatic rings. The number of carbonyl (C=O) groups excluding carboxylic acids is 1. The first kappa shape index (κ1) is 19.9. The van der Waals surface area contributed by atoms with Gasteiger partial charge in [0.2, 0.25) is 0 Å². The summed E-state index contributed by atoms with van der Waals surface area (Å²) in [4.78, 5) is 11.3. The van der Waals surface area contributed by atoms with Crippen LogP contribution < -0.4 is 0 Å². The van der Waals surface area contributed by atoms with Crippen molar-refractivity contribution in [2.75, 3.05) is 7.11 Å². The van der Waals surface area contributed by atoms with E-state index in [1.807, 2.05) is 25.2 Å². The standard InChI is InChI=1S/C21H32O4/c1-6-7-18-16(3)10-12-21(24-18)13-11-17(4)19(25-21)9-8-15(2)14-20(22)23-5/h6,8-9,14,16-19H,1,7,10-13H2,2-5H3/b9-8+,15-14+/t16-,17-,18+,19-,21-/m0/s1. The Bertz CT molecular complexity index is 532. The molecule has 0 amide bonds. The number of hydrogen-bond donors (Lipinski definition) is 0. The Hall–Kier alpha value is -1.39. The Balaban J connectivity index is 2.06. The molecule has 2 heterocycles. The van der Waals surface area contributed by atoms with Crippen molar-refractivity contribution in [2.24, 2.45) is 11.8 Å². The highest BCUT2D eigenvalue weighted by atomic mass is 16.7. The highest BCUT2D eigenvalue weighted by Crippen LogP contribution is 2.43. The van der Waals surface area contributed by atoms with Crippen molar-refractivity contribution in [3.63, 3.8) is 0 Å². The van der Waals surface area contributed by atoms with Crippen LogP contribution in [0.2, 0.25) is 0 Å². The van der Waals surface area contributed by atoms with Gasteiger partial charge in [0, 0.05) is 18.9 Å². The average Bonchev–Trinajstić information content (AvgIpc) is 2.59. The molecule has 2 aliphatic rings. The molecule has 2 aliphatic heterocycles. The van der Waals surface area contributed by atoms with Crippen LogP contribution in [0.4, 0.5) is 0 Å². The van der Waals surface area contributed by atoms with Crippen molar-refractivity contribution in [1.82, 2.24) is 0 Å². The van der Waals surface area contributed by atoms with Crippen LogP contribution in [0.5, 0.6) is 0 Å². The summed E-state index contributed by atoms with van der Waals surface area (Å²) in [5.74, 6) is 0.147. The van der Waals surface area contributed by atoms with Gasteiger partial charge >= 0.3 is 5.97 Å². The first-order valence-electron chi connectivity index (χ1n) is 9.30. The van der Waals surface area contributed by atoms with E-state index in [-0.39, 0.29) is 18.2 Å². The number of carbonyl (C=O) groups is 1. The van der Waals surface area contributed by atoms with Crippen molar-refractivity contribution >= 4 is 5.97 Å². The Morgan fingerprint density at radius 3 is 2.56 bits per heavy atom. The van der Waals surface area contributed by atoms with E-state index in [2.05, 4.69) is 25.2 Å². The molecule has 1 spiro atoms. The SMILES string of the molecule is C=CC[C@H]1O[C@@]2(CC[C@H](C)[C@H](/C=C/C(C)=C/C(=O)OC)O2)CC[C@@H]1C. The smallest absolute Gasteiger partial charge is 0.330 e. The molecule has 4 nitrogen and oxygen atoms in total. The molecule has 140 valence electrons. The maximum absolute atomic E-state index is 11.3. The minimum Gasteiger partial charge on any atom is -0.466 e. The lowest BCUT2D eigenvalue weighted by molar-refractivity contribution is -0.323. The Morgan fingerprint density at radius 1 is 1.24 bits per heavy atom. The van der Waals surface area contributed by atoms with Gasteiger partial charge in [0.25, 0.3) is 0 Å². The zero-order chi connectivity index (χ0) is 18.4. The van der Waals surface area contributed by atoms with Gasteiger partial charge in [-0.3, -0.25) is 0 Å². The molecule has 5 atom stereocenters. The largest absolute Gasteiger partial charge is 0.466 e. The minimum atomic E-state index is -0.471. The molecule has 0 N–H and O–H groups in total. The van der Waals surface area contributed by atoms with Crippen LogP contribution in [0.3, 0.4) is 0 Å². The first-order valence-corrected chi connectivity index (χ1v) is 9.30. The van der Waals surface area contributed by atoms with Crippen LogP contribution in [0.25, 0.3) is 0 Å². The van der Waals surface area contributed by atoms with E-state index in [1.54, 1.807) is 0 Å². The normalized spacial score (nSPS) is 36.6. The fourth-order valence-corrected chi connectivity index (χ4v) is 3.60. The Kier molecular flexibility index (Phi) is 7.03. The zero-order valence-electron chi connectivity index (χ0n) is 16.0. The van der Waals surface area contributed by atoms with Crippen LogP contribution in [0.15, 0.2) is 36.5 Å². The third kappa shape index (κ3) is 5.29. The number of rotatable bonds is 5. The summed E-state index contributed by atoms with van der Waals surface area (Å²) in [6, 6.07) is 0. The van der Waals surface area contributed by atoms with Crippen molar-refractivity contribution in [2.45, 2.75) is 70.9 Å². The number of esters is 1. The maximum Gasteiger partial charge on any atom is 0.330 e. The monoisotopic (exact) mass is 348 g/mol. The molecule has 0 bridgehead atoms. The molecule has 0 unspecified atom stereocenters. The Labute approximate surface area is 151 Å². The number of allylic oxidation sites excluding steroid dienone is 2. The third-order valence-electron chi connectivity index (χ3n) is 5.37. The van der Waals surface area contributed by atoms with Gasteiger partial charge in [-0.15, -0.1) is 6.58 Å². The van der Waals surface area contributed by atoms with E-state index in [4.69, 9.17) is 9.47 Å². The molecule has 2 saturated heterocycles. The zero-order valence-corrected chi connectivity index (χ0v) is 16.0. The first-order chi connectivity index (χ1) is 11.9. The van der Waals surface area contributed by atoms with E-state index >= 15 is 0 Å². The molecule has 25 heavy (non-hydrogen) atoms. The summed E-state index contributed by atoms with van der Waals surface area (Å²) in [6.45, 7) is 10.2. The molecule has 4 heteroatoms. The number of methoxy groups -OCH3 is 1. The summed E-state index contributed by atoms with van der Waals surface area (Å²) < 4.78 is 17.5. The summed E-state index contributed by atoms with van der Waals surface area (Å²) in [5, 5.41) is 0. The molecule has 0 aromatic carbocycles. The summed E-state index contributed by atoms with van der Waals surface area (Å²) in [6.07, 6.45) is 12.5. The van der Waals surface area contributed by atoms with Gasteiger partial charge in [-0.1, -0.05) is 32.1 Å². The number of hydrogen-bond acceptors (Lipinski definition) is 4. The van der Waals surface area contributed by atoms with E-state index in [1.165, 1.54) is 13.2 Å². The van der Waals surface area contributed by atoms with Gasteiger partial charge in [0.05, 0.1) is 19.3 Å². The summed E-state index contributed by atoms with van der Waals surface area (Å²) in [5.41, 5.74) is 0.852. The highest BCUT2D eigenvalue weighted by Gasteiger charge is 2.45. The van der Waals surface area contributed by atoms with Gasteiger partial charge in [0.1, 0.15) is 0 Å². The second-order valence-electron chi connectivity index (χ2n) is 7.48. The highest BCUT2D eigenvalue weighted by molar-refractivity contribution is 5.83. The van der Waals surface area contributed by atoms with Gasteiger partial charge < -0.3 is 14.2 Å².